The maximum atomic E-state index is 12.1. The SMILES string of the molecule is C/C(=N/NC(=O)c1ccc(C)cc1)c1cc2cc(Cl)ccc2oc1=O. The molecule has 0 atom stereocenters. The molecule has 2 aromatic carbocycles. The van der Waals surface area contributed by atoms with E-state index in [1.165, 1.54) is 0 Å². The van der Waals surface area contributed by atoms with Crippen molar-refractivity contribution in [1.82, 2.24) is 5.43 Å². The molecule has 25 heavy (non-hydrogen) atoms. The third kappa shape index (κ3) is 3.78. The number of nitrogens with zero attached hydrogens (tertiary/aromatic N) is 1. The lowest BCUT2D eigenvalue weighted by Gasteiger charge is -2.04. The first-order valence-corrected chi connectivity index (χ1v) is 7.97. The number of hydrogen-bond acceptors (Lipinski definition) is 4. The molecule has 3 rings (SSSR count). The number of nitrogens with one attached hydrogen (secondary N) is 1. The highest BCUT2D eigenvalue weighted by atomic mass is 35.5. The Kier molecular flexibility index (Phi) is 4.67. The van der Waals surface area contributed by atoms with Crippen LogP contribution in [0, 0.1) is 6.92 Å². The maximum Gasteiger partial charge on any atom is 0.345 e. The number of halogens is 1. The molecule has 0 saturated heterocycles. The number of aryl methyl sites for hydroxylation is 1. The highest BCUT2D eigenvalue weighted by Crippen LogP contribution is 2.19. The van der Waals surface area contributed by atoms with Gasteiger partial charge in [0.15, 0.2) is 0 Å². The zero-order valence-corrected chi connectivity index (χ0v) is 14.4. The molecule has 3 aromatic rings. The predicted molar refractivity (Wildman–Crippen MR) is 98.4 cm³/mol. The number of carbonyl (C=O) groups is 1. The average Bonchev–Trinajstić information content (AvgIpc) is 2.59. The van der Waals surface area contributed by atoms with Gasteiger partial charge in [-0.3, -0.25) is 4.79 Å². The predicted octanol–water partition coefficient (Wildman–Crippen LogP) is 3.91. The molecule has 0 saturated carbocycles. The van der Waals surface area contributed by atoms with Gasteiger partial charge < -0.3 is 4.42 Å². The van der Waals surface area contributed by atoms with Gasteiger partial charge in [-0.2, -0.15) is 5.10 Å². The van der Waals surface area contributed by atoms with E-state index in [1.807, 2.05) is 19.1 Å². The molecule has 0 radical (unpaired) electrons. The van der Waals surface area contributed by atoms with Gasteiger partial charge in [-0.25, -0.2) is 10.2 Å². The van der Waals surface area contributed by atoms with E-state index in [2.05, 4.69) is 10.5 Å². The smallest absolute Gasteiger partial charge is 0.345 e. The van der Waals surface area contributed by atoms with Crippen molar-refractivity contribution in [3.05, 3.63) is 80.7 Å². The van der Waals surface area contributed by atoms with Crippen LogP contribution in [-0.4, -0.2) is 11.6 Å². The van der Waals surface area contributed by atoms with Gasteiger partial charge in [0.25, 0.3) is 5.91 Å². The molecule has 0 aliphatic heterocycles. The van der Waals surface area contributed by atoms with E-state index in [4.69, 9.17) is 16.0 Å². The van der Waals surface area contributed by atoms with Crippen LogP contribution in [0.1, 0.15) is 28.4 Å². The summed E-state index contributed by atoms with van der Waals surface area (Å²) in [7, 11) is 0. The van der Waals surface area contributed by atoms with Crippen LogP contribution in [0.15, 0.2) is 62.8 Å². The quantitative estimate of drug-likeness (QED) is 0.440. The summed E-state index contributed by atoms with van der Waals surface area (Å²) < 4.78 is 5.27. The summed E-state index contributed by atoms with van der Waals surface area (Å²) in [5, 5.41) is 5.23. The van der Waals surface area contributed by atoms with Gasteiger partial charge in [-0.15, -0.1) is 0 Å². The molecule has 1 aromatic heterocycles. The summed E-state index contributed by atoms with van der Waals surface area (Å²) in [5.74, 6) is -0.354. The van der Waals surface area contributed by atoms with Crippen molar-refractivity contribution >= 4 is 34.2 Å². The summed E-state index contributed by atoms with van der Waals surface area (Å²) in [6.07, 6.45) is 0. The molecular formula is C19H15ClN2O3. The van der Waals surface area contributed by atoms with Crippen molar-refractivity contribution < 1.29 is 9.21 Å². The van der Waals surface area contributed by atoms with Gasteiger partial charge in [-0.05, 0) is 50.2 Å². The lowest BCUT2D eigenvalue weighted by molar-refractivity contribution is 0.0955. The first-order valence-electron chi connectivity index (χ1n) is 7.59. The van der Waals surface area contributed by atoms with Gasteiger partial charge in [0.05, 0.1) is 11.3 Å². The van der Waals surface area contributed by atoms with Crippen LogP contribution in [-0.2, 0) is 0 Å². The minimum absolute atomic E-state index is 0.263. The Bertz CT molecular complexity index is 1040. The normalized spacial score (nSPS) is 11.6. The zero-order chi connectivity index (χ0) is 18.0. The molecule has 5 nitrogen and oxygen atoms in total. The van der Waals surface area contributed by atoms with Crippen molar-refractivity contribution in [2.45, 2.75) is 13.8 Å². The zero-order valence-electron chi connectivity index (χ0n) is 13.7. The van der Waals surface area contributed by atoms with E-state index in [9.17, 15) is 9.59 Å². The maximum absolute atomic E-state index is 12.1. The fourth-order valence-electron chi connectivity index (χ4n) is 2.31. The molecule has 6 heteroatoms. The summed E-state index contributed by atoms with van der Waals surface area (Å²) in [4.78, 5) is 24.2. The van der Waals surface area contributed by atoms with Gasteiger partial charge >= 0.3 is 5.63 Å². The first-order chi connectivity index (χ1) is 11.9. The lowest BCUT2D eigenvalue weighted by atomic mass is 10.1. The summed E-state index contributed by atoms with van der Waals surface area (Å²) in [6, 6.07) is 13.7. The second-order valence-electron chi connectivity index (χ2n) is 5.63. The highest BCUT2D eigenvalue weighted by molar-refractivity contribution is 6.31. The van der Waals surface area contributed by atoms with Crippen LogP contribution < -0.4 is 11.1 Å². The van der Waals surface area contributed by atoms with Crippen LogP contribution in [0.3, 0.4) is 0 Å². The van der Waals surface area contributed by atoms with Crippen molar-refractivity contribution in [2.24, 2.45) is 5.10 Å². The minimum atomic E-state index is -0.527. The molecule has 0 fully saturated rings. The molecule has 0 aliphatic carbocycles. The molecule has 126 valence electrons. The van der Waals surface area contributed by atoms with E-state index in [1.54, 1.807) is 43.3 Å². The Balaban J connectivity index is 1.88. The Morgan fingerprint density at radius 3 is 2.56 bits per heavy atom. The van der Waals surface area contributed by atoms with Crippen molar-refractivity contribution in [2.75, 3.05) is 0 Å². The van der Waals surface area contributed by atoms with Crippen LogP contribution in [0.25, 0.3) is 11.0 Å². The fourth-order valence-corrected chi connectivity index (χ4v) is 2.49. The Morgan fingerprint density at radius 2 is 1.84 bits per heavy atom. The van der Waals surface area contributed by atoms with Gasteiger partial charge in [0.1, 0.15) is 5.58 Å². The molecule has 1 amide bonds. The number of fused-ring (bicyclic) bond motifs is 1. The molecule has 0 aliphatic rings. The van der Waals surface area contributed by atoms with Crippen molar-refractivity contribution in [1.29, 1.82) is 0 Å². The monoisotopic (exact) mass is 354 g/mol. The fraction of sp³-hybridized carbons (Fsp3) is 0.105. The molecule has 1 N–H and O–H groups in total. The molecule has 0 unspecified atom stereocenters. The number of rotatable bonds is 3. The Labute approximate surface area is 148 Å². The van der Waals surface area contributed by atoms with E-state index >= 15 is 0 Å². The van der Waals surface area contributed by atoms with E-state index in [0.29, 0.717) is 27.3 Å². The third-order valence-electron chi connectivity index (χ3n) is 3.72. The van der Waals surface area contributed by atoms with Crippen LogP contribution in [0.4, 0.5) is 0 Å². The van der Waals surface area contributed by atoms with Crippen LogP contribution in [0.5, 0.6) is 0 Å². The molecule has 0 bridgehead atoms. The van der Waals surface area contributed by atoms with E-state index < -0.39 is 5.63 Å². The summed E-state index contributed by atoms with van der Waals surface area (Å²) >= 11 is 5.96. The second kappa shape index (κ2) is 6.91. The number of carbonyl (C=O) groups excluding carboxylic acids is 1. The van der Waals surface area contributed by atoms with Gasteiger partial charge in [0.2, 0.25) is 0 Å². The summed E-state index contributed by atoms with van der Waals surface area (Å²) in [5.41, 5.74) is 4.51. The Hall–Kier alpha value is -2.92. The number of amides is 1. The minimum Gasteiger partial charge on any atom is -0.422 e. The van der Waals surface area contributed by atoms with E-state index in [-0.39, 0.29) is 11.5 Å². The van der Waals surface area contributed by atoms with Gasteiger partial charge in [-0.1, -0.05) is 29.3 Å². The van der Waals surface area contributed by atoms with Crippen LogP contribution in [0.2, 0.25) is 5.02 Å². The standard InChI is InChI=1S/C19H15ClN2O3/c1-11-3-5-13(6-4-11)18(23)22-21-12(2)16-10-14-9-15(20)7-8-17(14)25-19(16)24/h3-10H,1-2H3,(H,22,23)/b21-12-. The largest absolute Gasteiger partial charge is 0.422 e. The third-order valence-corrected chi connectivity index (χ3v) is 3.96. The van der Waals surface area contributed by atoms with E-state index in [0.717, 1.165) is 5.56 Å². The number of hydrogen-bond donors (Lipinski definition) is 1. The molecule has 1 heterocycles. The van der Waals surface area contributed by atoms with Crippen LogP contribution >= 0.6 is 11.6 Å². The molecule has 0 spiro atoms. The lowest BCUT2D eigenvalue weighted by Crippen LogP contribution is -2.21. The van der Waals surface area contributed by atoms with Crippen molar-refractivity contribution in [3.8, 4) is 0 Å². The summed E-state index contributed by atoms with van der Waals surface area (Å²) in [6.45, 7) is 3.56. The highest BCUT2D eigenvalue weighted by Gasteiger charge is 2.10. The Morgan fingerprint density at radius 1 is 1.12 bits per heavy atom. The number of hydrazone groups is 1. The average molecular weight is 355 g/mol. The topological polar surface area (TPSA) is 71.7 Å². The second-order valence-corrected chi connectivity index (χ2v) is 6.07. The first kappa shape index (κ1) is 16.9. The molecular weight excluding hydrogens is 340 g/mol. The van der Waals surface area contributed by atoms with Gasteiger partial charge in [0, 0.05) is 16.0 Å². The number of benzene rings is 2. The van der Waals surface area contributed by atoms with Crippen molar-refractivity contribution in [3.63, 3.8) is 0 Å².